The minimum Gasteiger partial charge on any atom is -0.492 e. The molecule has 0 saturated carbocycles. The Labute approximate surface area is 126 Å². The van der Waals surface area contributed by atoms with Gasteiger partial charge in [-0.05, 0) is 48.9 Å². The molecule has 0 unspecified atom stereocenters. The second-order valence-corrected chi connectivity index (χ2v) is 5.23. The van der Waals surface area contributed by atoms with Crippen molar-refractivity contribution >= 4 is 22.7 Å². The SMILES string of the molecule is Cc1ccc2oc(=O)n(CCOc3ccc(Cl)cc3)c2c1. The quantitative estimate of drug-likeness (QED) is 0.739. The van der Waals surface area contributed by atoms with Crippen LogP contribution in [0.15, 0.2) is 51.7 Å². The highest BCUT2D eigenvalue weighted by molar-refractivity contribution is 6.30. The van der Waals surface area contributed by atoms with E-state index in [1.165, 1.54) is 0 Å². The van der Waals surface area contributed by atoms with E-state index in [-0.39, 0.29) is 5.76 Å². The maximum Gasteiger partial charge on any atom is 0.420 e. The zero-order valence-corrected chi connectivity index (χ0v) is 12.3. The third-order valence-corrected chi connectivity index (χ3v) is 3.47. The van der Waals surface area contributed by atoms with Gasteiger partial charge in [0.2, 0.25) is 0 Å². The third kappa shape index (κ3) is 2.95. The highest BCUT2D eigenvalue weighted by atomic mass is 35.5. The molecule has 0 saturated heterocycles. The lowest BCUT2D eigenvalue weighted by molar-refractivity contribution is 0.294. The standard InChI is InChI=1S/C16H14ClNO3/c1-11-2-7-15-14(10-11)18(16(19)21-15)8-9-20-13-5-3-12(17)4-6-13/h2-7,10H,8-9H2,1H3. The topological polar surface area (TPSA) is 44.4 Å². The van der Waals surface area contributed by atoms with Crippen molar-refractivity contribution in [3.05, 3.63) is 63.6 Å². The van der Waals surface area contributed by atoms with Crippen LogP contribution in [0.4, 0.5) is 0 Å². The molecule has 0 aliphatic carbocycles. The number of rotatable bonds is 4. The Bertz CT molecular complexity index is 818. The van der Waals surface area contributed by atoms with Gasteiger partial charge in [-0.25, -0.2) is 4.79 Å². The number of fused-ring (bicyclic) bond motifs is 1. The first-order chi connectivity index (χ1) is 10.1. The van der Waals surface area contributed by atoms with Crippen molar-refractivity contribution < 1.29 is 9.15 Å². The molecule has 1 aromatic heterocycles. The van der Waals surface area contributed by atoms with Gasteiger partial charge in [0.1, 0.15) is 12.4 Å². The van der Waals surface area contributed by atoms with Crippen molar-refractivity contribution in [2.75, 3.05) is 6.61 Å². The van der Waals surface area contributed by atoms with E-state index in [2.05, 4.69) is 0 Å². The molecular formula is C16H14ClNO3. The molecule has 2 aromatic carbocycles. The number of hydrogen-bond donors (Lipinski definition) is 0. The smallest absolute Gasteiger partial charge is 0.420 e. The van der Waals surface area contributed by atoms with Crippen LogP contribution in [-0.4, -0.2) is 11.2 Å². The monoisotopic (exact) mass is 303 g/mol. The van der Waals surface area contributed by atoms with Crippen LogP contribution in [0.3, 0.4) is 0 Å². The third-order valence-electron chi connectivity index (χ3n) is 3.22. The summed E-state index contributed by atoms with van der Waals surface area (Å²) in [4.78, 5) is 11.9. The van der Waals surface area contributed by atoms with Crippen LogP contribution in [0.2, 0.25) is 5.02 Å². The van der Waals surface area contributed by atoms with E-state index in [0.29, 0.717) is 23.8 Å². The predicted molar refractivity (Wildman–Crippen MR) is 82.2 cm³/mol. The van der Waals surface area contributed by atoms with Crippen molar-refractivity contribution in [2.45, 2.75) is 13.5 Å². The van der Waals surface area contributed by atoms with Gasteiger partial charge in [-0.2, -0.15) is 0 Å². The molecule has 3 rings (SSSR count). The van der Waals surface area contributed by atoms with Gasteiger partial charge < -0.3 is 9.15 Å². The Balaban J connectivity index is 1.76. The molecule has 0 radical (unpaired) electrons. The number of ether oxygens (including phenoxy) is 1. The molecule has 0 fully saturated rings. The first kappa shape index (κ1) is 13.8. The molecule has 0 N–H and O–H groups in total. The summed E-state index contributed by atoms with van der Waals surface area (Å²) >= 11 is 5.81. The first-order valence-corrected chi connectivity index (χ1v) is 6.99. The van der Waals surface area contributed by atoms with E-state index in [1.54, 1.807) is 28.8 Å². The van der Waals surface area contributed by atoms with Crippen LogP contribution in [0.1, 0.15) is 5.56 Å². The molecular weight excluding hydrogens is 290 g/mol. The summed E-state index contributed by atoms with van der Waals surface area (Å²) in [6.07, 6.45) is 0. The molecule has 0 amide bonds. The number of benzene rings is 2. The number of oxazole rings is 1. The lowest BCUT2D eigenvalue weighted by atomic mass is 10.2. The average molecular weight is 304 g/mol. The second-order valence-electron chi connectivity index (χ2n) is 4.79. The summed E-state index contributed by atoms with van der Waals surface area (Å²) in [6, 6.07) is 12.8. The highest BCUT2D eigenvalue weighted by Gasteiger charge is 2.09. The van der Waals surface area contributed by atoms with Gasteiger partial charge in [-0.3, -0.25) is 4.57 Å². The molecule has 0 bridgehead atoms. The molecule has 0 atom stereocenters. The second kappa shape index (κ2) is 5.66. The van der Waals surface area contributed by atoms with Crippen molar-refractivity contribution in [3.8, 4) is 5.75 Å². The van der Waals surface area contributed by atoms with Gasteiger partial charge in [0, 0.05) is 5.02 Å². The summed E-state index contributed by atoms with van der Waals surface area (Å²) in [5.74, 6) is 0.353. The zero-order valence-electron chi connectivity index (χ0n) is 11.5. The number of nitrogens with zero attached hydrogens (tertiary/aromatic N) is 1. The van der Waals surface area contributed by atoms with Crippen LogP contribution in [-0.2, 0) is 6.54 Å². The summed E-state index contributed by atoms with van der Waals surface area (Å²) < 4.78 is 12.4. The van der Waals surface area contributed by atoms with E-state index < -0.39 is 0 Å². The fraction of sp³-hybridized carbons (Fsp3) is 0.188. The van der Waals surface area contributed by atoms with E-state index in [9.17, 15) is 4.79 Å². The van der Waals surface area contributed by atoms with Crippen molar-refractivity contribution in [1.82, 2.24) is 4.57 Å². The minimum absolute atomic E-state index is 0.365. The number of aryl methyl sites for hydroxylation is 1. The Morgan fingerprint density at radius 1 is 1.19 bits per heavy atom. The molecule has 0 aliphatic rings. The van der Waals surface area contributed by atoms with Crippen LogP contribution < -0.4 is 10.5 Å². The summed E-state index contributed by atoms with van der Waals surface area (Å²) in [7, 11) is 0. The normalized spacial score (nSPS) is 11.0. The van der Waals surface area contributed by atoms with Crippen LogP contribution >= 0.6 is 11.6 Å². The predicted octanol–water partition coefficient (Wildman–Crippen LogP) is 3.64. The number of halogens is 1. The highest BCUT2D eigenvalue weighted by Crippen LogP contribution is 2.17. The summed E-state index contributed by atoms with van der Waals surface area (Å²) in [5, 5.41) is 0.662. The Hall–Kier alpha value is -2.20. The lowest BCUT2D eigenvalue weighted by Crippen LogP contribution is -2.18. The maximum atomic E-state index is 11.9. The molecule has 21 heavy (non-hydrogen) atoms. The van der Waals surface area contributed by atoms with E-state index in [1.807, 2.05) is 25.1 Å². The fourth-order valence-electron chi connectivity index (χ4n) is 2.17. The maximum absolute atomic E-state index is 11.9. The van der Waals surface area contributed by atoms with Gasteiger partial charge in [-0.15, -0.1) is 0 Å². The average Bonchev–Trinajstić information content (AvgIpc) is 2.77. The molecule has 108 valence electrons. The molecule has 0 spiro atoms. The van der Waals surface area contributed by atoms with Gasteiger partial charge in [0.15, 0.2) is 5.58 Å². The van der Waals surface area contributed by atoms with Crippen LogP contribution in [0, 0.1) is 6.92 Å². The van der Waals surface area contributed by atoms with Gasteiger partial charge in [0.25, 0.3) is 0 Å². The summed E-state index contributed by atoms with van der Waals surface area (Å²) in [5.41, 5.74) is 2.47. The number of aromatic nitrogens is 1. The number of hydrogen-bond acceptors (Lipinski definition) is 3. The van der Waals surface area contributed by atoms with Crippen LogP contribution in [0.25, 0.3) is 11.1 Å². The summed E-state index contributed by atoms with van der Waals surface area (Å²) in [6.45, 7) is 2.79. The molecule has 5 heteroatoms. The Morgan fingerprint density at radius 3 is 2.71 bits per heavy atom. The minimum atomic E-state index is -0.365. The first-order valence-electron chi connectivity index (χ1n) is 6.62. The Kier molecular flexibility index (Phi) is 3.71. The molecule has 3 aromatic rings. The fourth-order valence-corrected chi connectivity index (χ4v) is 2.30. The van der Waals surface area contributed by atoms with Crippen molar-refractivity contribution in [2.24, 2.45) is 0 Å². The van der Waals surface area contributed by atoms with Crippen molar-refractivity contribution in [3.63, 3.8) is 0 Å². The van der Waals surface area contributed by atoms with E-state index >= 15 is 0 Å². The van der Waals surface area contributed by atoms with Crippen LogP contribution in [0.5, 0.6) is 5.75 Å². The molecule has 0 aliphatic heterocycles. The van der Waals surface area contributed by atoms with Gasteiger partial charge in [-0.1, -0.05) is 17.7 Å². The van der Waals surface area contributed by atoms with E-state index in [0.717, 1.165) is 16.8 Å². The molecule has 1 heterocycles. The van der Waals surface area contributed by atoms with E-state index in [4.69, 9.17) is 20.8 Å². The Morgan fingerprint density at radius 2 is 1.95 bits per heavy atom. The van der Waals surface area contributed by atoms with Gasteiger partial charge >= 0.3 is 5.76 Å². The zero-order chi connectivity index (χ0) is 14.8. The molecule has 4 nitrogen and oxygen atoms in total. The largest absolute Gasteiger partial charge is 0.492 e. The van der Waals surface area contributed by atoms with Crippen molar-refractivity contribution in [1.29, 1.82) is 0 Å². The van der Waals surface area contributed by atoms with Gasteiger partial charge in [0.05, 0.1) is 12.1 Å². The lowest BCUT2D eigenvalue weighted by Gasteiger charge is -2.06.